The Balaban J connectivity index is 1.39. The Morgan fingerprint density at radius 1 is 1.31 bits per heavy atom. The average Bonchev–Trinajstić information content (AvgIpc) is 3.33. The van der Waals surface area contributed by atoms with Crippen molar-refractivity contribution in [3.05, 3.63) is 24.5 Å². The molecule has 0 aliphatic carbocycles. The van der Waals surface area contributed by atoms with Crippen molar-refractivity contribution in [1.82, 2.24) is 20.0 Å². The minimum absolute atomic E-state index is 0.196. The summed E-state index contributed by atoms with van der Waals surface area (Å²) in [7, 11) is 1.92. The van der Waals surface area contributed by atoms with Gasteiger partial charge >= 0.3 is 12.1 Å². The van der Waals surface area contributed by atoms with Crippen LogP contribution in [0.4, 0.5) is 10.8 Å². The van der Waals surface area contributed by atoms with E-state index in [2.05, 4.69) is 15.1 Å². The number of carbonyl (C=O) groups is 1. The van der Waals surface area contributed by atoms with Gasteiger partial charge < -0.3 is 23.5 Å². The zero-order chi connectivity index (χ0) is 20.6. The fraction of sp³-hybridized carbons (Fsp3) is 0.500. The summed E-state index contributed by atoms with van der Waals surface area (Å²) in [4.78, 5) is 24.5. The van der Waals surface area contributed by atoms with E-state index in [-0.39, 0.29) is 12.1 Å². The summed E-state index contributed by atoms with van der Waals surface area (Å²) in [6.07, 6.45) is 4.73. The van der Waals surface area contributed by atoms with Crippen molar-refractivity contribution in [1.29, 1.82) is 0 Å². The Bertz CT molecular complexity index is 965. The third-order valence-electron chi connectivity index (χ3n) is 4.92. The number of ether oxygens (including phenoxy) is 1. The average molecular weight is 399 g/mol. The van der Waals surface area contributed by atoms with Gasteiger partial charge in [0.2, 0.25) is 5.82 Å². The van der Waals surface area contributed by atoms with E-state index < -0.39 is 5.60 Å². The fourth-order valence-electron chi connectivity index (χ4n) is 3.37. The molecular weight excluding hydrogens is 374 g/mol. The molecule has 0 spiro atoms. The van der Waals surface area contributed by atoms with E-state index in [1.807, 2.05) is 38.8 Å². The summed E-state index contributed by atoms with van der Waals surface area (Å²) < 4.78 is 16.7. The molecule has 4 rings (SSSR count). The largest absolute Gasteiger partial charge is 0.452 e. The van der Waals surface area contributed by atoms with Crippen LogP contribution in [0.2, 0.25) is 0 Å². The Morgan fingerprint density at radius 2 is 2.07 bits per heavy atom. The molecule has 154 valence electrons. The van der Waals surface area contributed by atoms with E-state index in [9.17, 15) is 4.79 Å². The lowest BCUT2D eigenvalue weighted by molar-refractivity contribution is 0.0205. The number of aromatic nitrogens is 3. The number of carbonyl (C=O) groups excluding carboxylic acids is 1. The lowest BCUT2D eigenvalue weighted by Crippen LogP contribution is -2.47. The first kappa shape index (κ1) is 19.2. The van der Waals surface area contributed by atoms with Crippen molar-refractivity contribution >= 4 is 23.1 Å². The van der Waals surface area contributed by atoms with E-state index in [1.54, 1.807) is 23.4 Å². The molecule has 1 amide bonds. The highest BCUT2D eigenvalue weighted by molar-refractivity contribution is 5.80. The van der Waals surface area contributed by atoms with E-state index in [0.717, 1.165) is 23.8 Å². The molecule has 0 unspecified atom stereocenters. The van der Waals surface area contributed by atoms with Gasteiger partial charge in [0.1, 0.15) is 11.2 Å². The third-order valence-corrected chi connectivity index (χ3v) is 4.92. The third kappa shape index (κ3) is 4.18. The summed E-state index contributed by atoms with van der Waals surface area (Å²) in [6, 6.07) is 4.26. The van der Waals surface area contributed by atoms with Gasteiger partial charge in [-0.15, -0.1) is 0 Å². The van der Waals surface area contributed by atoms with Gasteiger partial charge in [0.25, 0.3) is 0 Å². The second kappa shape index (κ2) is 7.38. The van der Waals surface area contributed by atoms with Crippen molar-refractivity contribution in [2.75, 3.05) is 25.0 Å². The maximum Gasteiger partial charge on any atom is 0.410 e. The molecule has 0 aromatic carbocycles. The van der Waals surface area contributed by atoms with Crippen molar-refractivity contribution in [2.45, 2.75) is 45.3 Å². The van der Waals surface area contributed by atoms with Crippen molar-refractivity contribution in [3.8, 4) is 11.6 Å². The number of fused-ring (bicyclic) bond motifs is 1. The number of hydrogen-bond donors (Lipinski definition) is 0. The highest BCUT2D eigenvalue weighted by atomic mass is 16.6. The molecule has 1 aliphatic heterocycles. The van der Waals surface area contributed by atoms with Crippen LogP contribution < -0.4 is 4.90 Å². The van der Waals surface area contributed by atoms with Crippen LogP contribution in [-0.2, 0) is 4.74 Å². The zero-order valence-electron chi connectivity index (χ0n) is 17.1. The van der Waals surface area contributed by atoms with E-state index in [1.165, 1.54) is 0 Å². The van der Waals surface area contributed by atoms with Crippen molar-refractivity contribution < 1.29 is 18.5 Å². The smallest absolute Gasteiger partial charge is 0.410 e. The summed E-state index contributed by atoms with van der Waals surface area (Å²) in [6.45, 7) is 6.87. The van der Waals surface area contributed by atoms with Gasteiger partial charge in [-0.05, 0) is 45.7 Å². The lowest BCUT2D eigenvalue weighted by Gasteiger charge is -2.36. The van der Waals surface area contributed by atoms with Crippen LogP contribution >= 0.6 is 0 Å². The molecule has 0 N–H and O–H groups in total. The van der Waals surface area contributed by atoms with E-state index >= 15 is 0 Å². The number of likely N-dealkylation sites (tertiary alicyclic amines) is 1. The number of piperidine rings is 1. The SMILES string of the molecule is CN(c1nc(-c2cc3cnccc3o2)no1)C1CCN(C(=O)OC(C)(C)C)CC1. The van der Waals surface area contributed by atoms with Gasteiger partial charge in [-0.3, -0.25) is 4.98 Å². The van der Waals surface area contributed by atoms with Gasteiger partial charge in [-0.25, -0.2) is 4.79 Å². The second-order valence-corrected chi connectivity index (χ2v) is 8.23. The molecule has 29 heavy (non-hydrogen) atoms. The molecule has 4 heterocycles. The molecule has 0 atom stereocenters. The molecule has 0 saturated carbocycles. The maximum atomic E-state index is 12.2. The number of anilines is 1. The monoisotopic (exact) mass is 399 g/mol. The van der Waals surface area contributed by atoms with Crippen LogP contribution in [0.3, 0.4) is 0 Å². The van der Waals surface area contributed by atoms with Crippen LogP contribution in [0, 0.1) is 0 Å². The van der Waals surface area contributed by atoms with Gasteiger partial charge in [0, 0.05) is 44.0 Å². The summed E-state index contributed by atoms with van der Waals surface area (Å²) >= 11 is 0. The molecule has 1 saturated heterocycles. The molecule has 0 radical (unpaired) electrons. The summed E-state index contributed by atoms with van der Waals surface area (Å²) in [5.74, 6) is 0.936. The van der Waals surface area contributed by atoms with Gasteiger partial charge in [0.15, 0.2) is 5.76 Å². The van der Waals surface area contributed by atoms with Crippen LogP contribution in [0.15, 0.2) is 33.5 Å². The Labute approximate surface area is 168 Å². The zero-order valence-corrected chi connectivity index (χ0v) is 17.1. The molecule has 1 aliphatic rings. The number of amides is 1. The molecule has 3 aromatic rings. The minimum atomic E-state index is -0.488. The van der Waals surface area contributed by atoms with Gasteiger partial charge in [-0.1, -0.05) is 5.16 Å². The van der Waals surface area contributed by atoms with Gasteiger partial charge in [-0.2, -0.15) is 4.98 Å². The number of nitrogens with zero attached hydrogens (tertiary/aromatic N) is 5. The quantitative estimate of drug-likeness (QED) is 0.657. The Hall–Kier alpha value is -3.10. The van der Waals surface area contributed by atoms with Crippen LogP contribution in [0.25, 0.3) is 22.6 Å². The molecule has 1 fully saturated rings. The topological polar surface area (TPSA) is 97.7 Å². The Kier molecular flexibility index (Phi) is 4.89. The molecule has 3 aromatic heterocycles. The molecule has 9 nitrogen and oxygen atoms in total. The van der Waals surface area contributed by atoms with Crippen LogP contribution in [0.5, 0.6) is 0 Å². The van der Waals surface area contributed by atoms with E-state index in [4.69, 9.17) is 13.7 Å². The molecular formula is C20H25N5O4. The number of hydrogen-bond acceptors (Lipinski definition) is 8. The minimum Gasteiger partial charge on any atom is -0.452 e. The lowest BCUT2D eigenvalue weighted by atomic mass is 10.0. The molecule has 0 bridgehead atoms. The predicted octanol–water partition coefficient (Wildman–Crippen LogP) is 3.71. The fourth-order valence-corrected chi connectivity index (χ4v) is 3.37. The number of furan rings is 1. The Morgan fingerprint density at radius 3 is 2.76 bits per heavy atom. The standard InChI is InChI=1S/C20H25N5O4/c1-20(2,3)28-19(26)25-9-6-14(7-10-25)24(4)18-22-17(23-29-18)16-11-13-12-21-8-5-15(13)27-16/h5,8,11-12,14H,6-7,9-10H2,1-4H3. The van der Waals surface area contributed by atoms with Crippen LogP contribution in [0.1, 0.15) is 33.6 Å². The number of pyridine rings is 1. The van der Waals surface area contributed by atoms with Crippen LogP contribution in [-0.4, -0.2) is 57.9 Å². The van der Waals surface area contributed by atoms with Gasteiger partial charge in [0.05, 0.1) is 0 Å². The molecule has 9 heteroatoms. The van der Waals surface area contributed by atoms with Crippen molar-refractivity contribution in [2.24, 2.45) is 0 Å². The maximum absolute atomic E-state index is 12.2. The van der Waals surface area contributed by atoms with E-state index in [0.29, 0.717) is 30.7 Å². The second-order valence-electron chi connectivity index (χ2n) is 8.23. The summed E-state index contributed by atoms with van der Waals surface area (Å²) in [5.41, 5.74) is 0.238. The highest BCUT2D eigenvalue weighted by Gasteiger charge is 2.30. The van der Waals surface area contributed by atoms with Crippen molar-refractivity contribution in [3.63, 3.8) is 0 Å². The first-order valence-corrected chi connectivity index (χ1v) is 9.68. The summed E-state index contributed by atoms with van der Waals surface area (Å²) in [5, 5.41) is 4.94. The number of rotatable bonds is 3. The first-order chi connectivity index (χ1) is 13.8. The highest BCUT2D eigenvalue weighted by Crippen LogP contribution is 2.28. The predicted molar refractivity (Wildman–Crippen MR) is 107 cm³/mol. The normalized spacial score (nSPS) is 15.7. The first-order valence-electron chi connectivity index (χ1n) is 9.68.